The van der Waals surface area contributed by atoms with Gasteiger partial charge in [0.1, 0.15) is 0 Å². The molecule has 1 aliphatic heterocycles. The number of hydrogen-bond donors (Lipinski definition) is 1. The van der Waals surface area contributed by atoms with Gasteiger partial charge in [0.15, 0.2) is 0 Å². The molecular weight excluding hydrogens is 222 g/mol. The predicted octanol–water partition coefficient (Wildman–Crippen LogP) is 2.98. The van der Waals surface area contributed by atoms with Crippen LogP contribution < -0.4 is 5.32 Å². The third-order valence-corrected chi connectivity index (χ3v) is 4.31. The fourth-order valence-electron chi connectivity index (χ4n) is 3.53. The molecule has 0 bridgehead atoms. The largest absolute Gasteiger partial charge is 0.381 e. The molecular formula is C16H25NO. The van der Waals surface area contributed by atoms with Crippen molar-refractivity contribution in [3.8, 4) is 0 Å². The quantitative estimate of drug-likeness (QED) is 0.883. The van der Waals surface area contributed by atoms with Crippen LogP contribution in [0.25, 0.3) is 0 Å². The molecule has 1 aromatic rings. The van der Waals surface area contributed by atoms with Crippen molar-refractivity contribution < 1.29 is 4.74 Å². The Bertz CT molecular complexity index is 355. The SMILES string of the molecule is CNC(C(C)C)C1(c2ccccc2)CCOCC1. The van der Waals surface area contributed by atoms with Gasteiger partial charge in [0.2, 0.25) is 0 Å². The zero-order valence-electron chi connectivity index (χ0n) is 11.8. The summed E-state index contributed by atoms with van der Waals surface area (Å²) in [6.07, 6.45) is 2.22. The zero-order valence-corrected chi connectivity index (χ0v) is 11.8. The first-order valence-electron chi connectivity index (χ1n) is 7.01. The van der Waals surface area contributed by atoms with Crippen LogP contribution in [-0.2, 0) is 10.2 Å². The van der Waals surface area contributed by atoms with Gasteiger partial charge < -0.3 is 10.1 Å². The molecule has 2 rings (SSSR count). The van der Waals surface area contributed by atoms with Gasteiger partial charge in [-0.1, -0.05) is 44.2 Å². The third-order valence-electron chi connectivity index (χ3n) is 4.31. The third kappa shape index (κ3) is 2.45. The van der Waals surface area contributed by atoms with Gasteiger partial charge in [-0.05, 0) is 31.4 Å². The Labute approximate surface area is 111 Å². The van der Waals surface area contributed by atoms with Crippen LogP contribution in [0.1, 0.15) is 32.3 Å². The number of nitrogens with one attached hydrogen (secondary N) is 1. The Kier molecular flexibility index (Phi) is 4.41. The van der Waals surface area contributed by atoms with E-state index in [4.69, 9.17) is 4.74 Å². The normalized spacial score (nSPS) is 20.9. The smallest absolute Gasteiger partial charge is 0.0475 e. The van der Waals surface area contributed by atoms with Crippen molar-refractivity contribution in [2.75, 3.05) is 20.3 Å². The number of hydrogen-bond acceptors (Lipinski definition) is 2. The van der Waals surface area contributed by atoms with Gasteiger partial charge in [0.25, 0.3) is 0 Å². The molecule has 1 aromatic carbocycles. The van der Waals surface area contributed by atoms with Gasteiger partial charge >= 0.3 is 0 Å². The van der Waals surface area contributed by atoms with Crippen LogP contribution in [0, 0.1) is 5.92 Å². The minimum Gasteiger partial charge on any atom is -0.381 e. The van der Waals surface area contributed by atoms with Crippen LogP contribution in [0.5, 0.6) is 0 Å². The molecule has 0 aliphatic carbocycles. The molecule has 100 valence electrons. The summed E-state index contributed by atoms with van der Waals surface area (Å²) in [5, 5.41) is 3.55. The van der Waals surface area contributed by atoms with E-state index in [9.17, 15) is 0 Å². The fraction of sp³-hybridized carbons (Fsp3) is 0.625. The van der Waals surface area contributed by atoms with Crippen LogP contribution in [0.2, 0.25) is 0 Å². The molecule has 0 saturated carbocycles. The van der Waals surface area contributed by atoms with Crippen LogP contribution in [0.3, 0.4) is 0 Å². The number of likely N-dealkylation sites (N-methyl/N-ethyl adjacent to an activating group) is 1. The van der Waals surface area contributed by atoms with Crippen molar-refractivity contribution in [2.24, 2.45) is 5.92 Å². The molecule has 1 atom stereocenters. The van der Waals surface area contributed by atoms with Crippen LogP contribution in [0.4, 0.5) is 0 Å². The summed E-state index contributed by atoms with van der Waals surface area (Å²) in [6, 6.07) is 11.5. The summed E-state index contributed by atoms with van der Waals surface area (Å²) < 4.78 is 5.59. The van der Waals surface area contributed by atoms with Crippen molar-refractivity contribution in [2.45, 2.75) is 38.1 Å². The van der Waals surface area contributed by atoms with Crippen molar-refractivity contribution in [1.29, 1.82) is 0 Å². The first kappa shape index (κ1) is 13.6. The number of rotatable bonds is 4. The van der Waals surface area contributed by atoms with E-state index >= 15 is 0 Å². The molecule has 1 fully saturated rings. The lowest BCUT2D eigenvalue weighted by atomic mass is 9.65. The summed E-state index contributed by atoms with van der Waals surface area (Å²) in [6.45, 7) is 6.36. The second kappa shape index (κ2) is 5.85. The van der Waals surface area contributed by atoms with E-state index < -0.39 is 0 Å². The Morgan fingerprint density at radius 2 is 1.72 bits per heavy atom. The second-order valence-corrected chi connectivity index (χ2v) is 5.64. The minimum absolute atomic E-state index is 0.225. The lowest BCUT2D eigenvalue weighted by molar-refractivity contribution is 0.0279. The molecule has 1 aliphatic rings. The molecule has 0 aromatic heterocycles. The van der Waals surface area contributed by atoms with E-state index in [2.05, 4.69) is 56.5 Å². The minimum atomic E-state index is 0.225. The van der Waals surface area contributed by atoms with Crippen LogP contribution in [-0.4, -0.2) is 26.3 Å². The van der Waals surface area contributed by atoms with E-state index in [0.717, 1.165) is 26.1 Å². The van der Waals surface area contributed by atoms with Crippen molar-refractivity contribution in [1.82, 2.24) is 5.32 Å². The topological polar surface area (TPSA) is 21.3 Å². The lowest BCUT2D eigenvalue weighted by Gasteiger charge is -2.46. The van der Waals surface area contributed by atoms with E-state index in [1.54, 1.807) is 0 Å². The van der Waals surface area contributed by atoms with Crippen molar-refractivity contribution >= 4 is 0 Å². The van der Waals surface area contributed by atoms with Gasteiger partial charge in [-0.25, -0.2) is 0 Å². The zero-order chi connectivity index (χ0) is 13.0. The monoisotopic (exact) mass is 247 g/mol. The molecule has 0 spiro atoms. The number of benzene rings is 1. The summed E-state index contributed by atoms with van der Waals surface area (Å²) in [4.78, 5) is 0. The van der Waals surface area contributed by atoms with E-state index in [-0.39, 0.29) is 5.41 Å². The van der Waals surface area contributed by atoms with E-state index in [1.165, 1.54) is 5.56 Å². The maximum absolute atomic E-state index is 5.59. The maximum Gasteiger partial charge on any atom is 0.0475 e. The summed E-state index contributed by atoms with van der Waals surface area (Å²) in [5.74, 6) is 0.619. The molecule has 1 saturated heterocycles. The molecule has 2 heteroatoms. The Hall–Kier alpha value is -0.860. The van der Waals surface area contributed by atoms with Gasteiger partial charge in [-0.3, -0.25) is 0 Å². The molecule has 18 heavy (non-hydrogen) atoms. The average Bonchev–Trinajstić information content (AvgIpc) is 2.41. The van der Waals surface area contributed by atoms with Gasteiger partial charge in [0.05, 0.1) is 0 Å². The van der Waals surface area contributed by atoms with Gasteiger partial charge in [-0.2, -0.15) is 0 Å². The molecule has 0 radical (unpaired) electrons. The maximum atomic E-state index is 5.59. The molecule has 1 unspecified atom stereocenters. The lowest BCUT2D eigenvalue weighted by Crippen LogP contribution is -2.53. The highest BCUT2D eigenvalue weighted by Crippen LogP contribution is 2.40. The Balaban J connectivity index is 2.39. The first-order valence-corrected chi connectivity index (χ1v) is 7.01. The average molecular weight is 247 g/mol. The van der Waals surface area contributed by atoms with Crippen molar-refractivity contribution in [3.05, 3.63) is 35.9 Å². The number of ether oxygens (including phenoxy) is 1. The molecule has 1 heterocycles. The second-order valence-electron chi connectivity index (χ2n) is 5.64. The Morgan fingerprint density at radius 1 is 1.11 bits per heavy atom. The Morgan fingerprint density at radius 3 is 2.22 bits per heavy atom. The highest BCUT2D eigenvalue weighted by Gasteiger charge is 2.42. The fourth-order valence-corrected chi connectivity index (χ4v) is 3.53. The van der Waals surface area contributed by atoms with E-state index in [0.29, 0.717) is 12.0 Å². The predicted molar refractivity (Wildman–Crippen MR) is 75.9 cm³/mol. The first-order chi connectivity index (χ1) is 8.70. The van der Waals surface area contributed by atoms with Crippen molar-refractivity contribution in [3.63, 3.8) is 0 Å². The standard InChI is InChI=1S/C16H25NO/c1-13(2)15(17-3)16(9-11-18-12-10-16)14-7-5-4-6-8-14/h4-8,13,15,17H,9-12H2,1-3H3. The molecule has 0 amide bonds. The molecule has 1 N–H and O–H groups in total. The van der Waals surface area contributed by atoms with Gasteiger partial charge in [-0.15, -0.1) is 0 Å². The summed E-state index contributed by atoms with van der Waals surface area (Å²) >= 11 is 0. The van der Waals surface area contributed by atoms with Crippen LogP contribution >= 0.6 is 0 Å². The summed E-state index contributed by atoms with van der Waals surface area (Å²) in [7, 11) is 2.09. The van der Waals surface area contributed by atoms with Gasteiger partial charge in [0, 0.05) is 24.7 Å². The van der Waals surface area contributed by atoms with Crippen LogP contribution in [0.15, 0.2) is 30.3 Å². The summed E-state index contributed by atoms with van der Waals surface area (Å²) in [5.41, 5.74) is 1.68. The highest BCUT2D eigenvalue weighted by molar-refractivity contribution is 5.29. The highest BCUT2D eigenvalue weighted by atomic mass is 16.5. The molecule has 2 nitrogen and oxygen atoms in total. The van der Waals surface area contributed by atoms with E-state index in [1.807, 2.05) is 0 Å².